The highest BCUT2D eigenvalue weighted by atomic mass is 35.5. The van der Waals surface area contributed by atoms with Crippen LogP contribution in [0.4, 0.5) is 5.69 Å². The van der Waals surface area contributed by atoms with Crippen LogP contribution in [0.5, 0.6) is 0 Å². The van der Waals surface area contributed by atoms with Gasteiger partial charge in [0.2, 0.25) is 5.96 Å². The van der Waals surface area contributed by atoms with E-state index in [0.717, 1.165) is 46.9 Å². The maximum atomic E-state index is 13.0. The van der Waals surface area contributed by atoms with Crippen molar-refractivity contribution in [3.8, 4) is 0 Å². The lowest BCUT2D eigenvalue weighted by Crippen LogP contribution is -2.52. The third-order valence-electron chi connectivity index (χ3n) is 5.92. The molecule has 2 aromatic carbocycles. The highest BCUT2D eigenvalue weighted by Gasteiger charge is 2.43. The van der Waals surface area contributed by atoms with Crippen LogP contribution in [0.1, 0.15) is 42.6 Å². The van der Waals surface area contributed by atoms with E-state index in [2.05, 4.69) is 39.9 Å². The zero-order valence-electron chi connectivity index (χ0n) is 17.0. The van der Waals surface area contributed by atoms with Gasteiger partial charge in [0.25, 0.3) is 0 Å². The van der Waals surface area contributed by atoms with E-state index in [4.69, 9.17) is 16.6 Å². The molecule has 0 fully saturated rings. The molecule has 7 heteroatoms. The minimum absolute atomic E-state index is 0.201. The lowest BCUT2D eigenvalue weighted by molar-refractivity contribution is -0.116. The summed E-state index contributed by atoms with van der Waals surface area (Å²) in [4.78, 5) is 19.9. The summed E-state index contributed by atoms with van der Waals surface area (Å²) in [7, 11) is 4.04. The van der Waals surface area contributed by atoms with Crippen LogP contribution in [-0.2, 0) is 4.79 Å². The number of fused-ring (bicyclic) bond motifs is 1. The highest BCUT2D eigenvalue weighted by molar-refractivity contribution is 6.31. The second-order valence-corrected chi connectivity index (χ2v) is 8.47. The number of ketones is 1. The Kier molecular flexibility index (Phi) is 4.76. The standard InChI is InChI=1S/C23H24ClN5O/c1-28(2)15-12-10-14(11-13-15)21-20-18(8-5-9-19(20)30)25-23-26-22(27-29(21)23)16-6-3-4-7-17(16)24/h3-4,6-7,10-13,21-22,27H,5,8-9H2,1-2H3,(H,25,26)/t21-,22+/m1/s1. The molecule has 2 N–H and O–H groups in total. The normalized spacial score (nSPS) is 23.0. The van der Waals surface area contributed by atoms with Gasteiger partial charge in [0, 0.05) is 48.1 Å². The van der Waals surface area contributed by atoms with E-state index in [1.54, 1.807) is 0 Å². The smallest absolute Gasteiger partial charge is 0.215 e. The molecule has 0 saturated carbocycles. The predicted octanol–water partition coefficient (Wildman–Crippen LogP) is 3.93. The van der Waals surface area contributed by atoms with Gasteiger partial charge in [-0.1, -0.05) is 41.9 Å². The van der Waals surface area contributed by atoms with Gasteiger partial charge in [-0.2, -0.15) is 0 Å². The number of benzene rings is 2. The van der Waals surface area contributed by atoms with Gasteiger partial charge in [-0.05, 0) is 36.6 Å². The molecule has 0 spiro atoms. The SMILES string of the molecule is CN(C)c1ccc([C@@H]2C3=C(CCCC3=O)NC3=N[C@H](c4ccccc4Cl)NN32)cc1. The van der Waals surface area contributed by atoms with Gasteiger partial charge in [-0.3, -0.25) is 9.80 Å². The lowest BCUT2D eigenvalue weighted by atomic mass is 9.85. The fourth-order valence-corrected chi connectivity index (χ4v) is 4.62. The van der Waals surface area contributed by atoms with Crippen molar-refractivity contribution >= 4 is 29.0 Å². The summed E-state index contributed by atoms with van der Waals surface area (Å²) in [5, 5.41) is 6.07. The van der Waals surface area contributed by atoms with Gasteiger partial charge in [0.1, 0.15) is 12.2 Å². The van der Waals surface area contributed by atoms with Crippen LogP contribution in [0.3, 0.4) is 0 Å². The predicted molar refractivity (Wildman–Crippen MR) is 119 cm³/mol. The first kappa shape index (κ1) is 19.2. The van der Waals surface area contributed by atoms with Crippen LogP contribution in [0.15, 0.2) is 64.8 Å². The number of hydrogen-bond donors (Lipinski definition) is 2. The maximum absolute atomic E-state index is 13.0. The number of hydrazine groups is 1. The number of Topliss-reactive ketones (excluding diaryl/α,β-unsaturated/α-hetero) is 1. The van der Waals surface area contributed by atoms with Crippen molar-refractivity contribution in [1.29, 1.82) is 0 Å². The summed E-state index contributed by atoms with van der Waals surface area (Å²) in [5.41, 5.74) is 8.39. The molecule has 0 saturated heterocycles. The minimum Gasteiger partial charge on any atom is -0.378 e. The van der Waals surface area contributed by atoms with Crippen LogP contribution in [0.2, 0.25) is 5.02 Å². The molecule has 0 bridgehead atoms. The van der Waals surface area contributed by atoms with E-state index in [1.807, 2.05) is 43.4 Å². The van der Waals surface area contributed by atoms with E-state index >= 15 is 0 Å². The Morgan fingerprint density at radius 2 is 1.87 bits per heavy atom. The topological polar surface area (TPSA) is 60.0 Å². The monoisotopic (exact) mass is 421 g/mol. The molecule has 0 aromatic heterocycles. The third kappa shape index (κ3) is 3.16. The Morgan fingerprint density at radius 1 is 1.10 bits per heavy atom. The van der Waals surface area contributed by atoms with Crippen molar-refractivity contribution in [2.45, 2.75) is 31.5 Å². The van der Waals surface area contributed by atoms with Crippen molar-refractivity contribution in [3.05, 3.63) is 76.0 Å². The lowest BCUT2D eigenvalue weighted by Gasteiger charge is -2.39. The van der Waals surface area contributed by atoms with Gasteiger partial charge in [-0.25, -0.2) is 10.4 Å². The average Bonchev–Trinajstić information content (AvgIpc) is 3.16. The van der Waals surface area contributed by atoms with Crippen molar-refractivity contribution in [2.24, 2.45) is 4.99 Å². The van der Waals surface area contributed by atoms with Gasteiger partial charge in [0.05, 0.1) is 0 Å². The Bertz CT molecular complexity index is 1060. The molecule has 5 rings (SSSR count). The number of halogens is 1. The number of carbonyl (C=O) groups excluding carboxylic acids is 1. The molecule has 2 heterocycles. The number of nitrogens with one attached hydrogen (secondary N) is 2. The molecule has 2 atom stereocenters. The van der Waals surface area contributed by atoms with Crippen molar-refractivity contribution in [3.63, 3.8) is 0 Å². The van der Waals surface area contributed by atoms with Crippen LogP contribution in [0, 0.1) is 0 Å². The molecule has 0 amide bonds. The third-order valence-corrected chi connectivity index (χ3v) is 6.26. The second-order valence-electron chi connectivity index (χ2n) is 8.06. The summed E-state index contributed by atoms with van der Waals surface area (Å²) in [5.74, 6) is 0.933. The first-order chi connectivity index (χ1) is 14.5. The molecule has 3 aliphatic rings. The Balaban J connectivity index is 1.57. The van der Waals surface area contributed by atoms with E-state index in [0.29, 0.717) is 11.4 Å². The van der Waals surface area contributed by atoms with E-state index < -0.39 is 0 Å². The summed E-state index contributed by atoms with van der Waals surface area (Å²) < 4.78 is 0. The largest absolute Gasteiger partial charge is 0.378 e. The molecule has 154 valence electrons. The molecule has 0 unspecified atom stereocenters. The van der Waals surface area contributed by atoms with Gasteiger partial charge < -0.3 is 10.2 Å². The number of nitrogens with zero attached hydrogens (tertiary/aromatic N) is 3. The molecular weight excluding hydrogens is 398 g/mol. The maximum Gasteiger partial charge on any atom is 0.215 e. The van der Waals surface area contributed by atoms with Gasteiger partial charge in [-0.15, -0.1) is 0 Å². The number of hydrogen-bond acceptors (Lipinski definition) is 6. The molecule has 2 aliphatic heterocycles. The Labute approximate surface area is 181 Å². The fourth-order valence-electron chi connectivity index (χ4n) is 4.38. The van der Waals surface area contributed by atoms with Gasteiger partial charge in [0.15, 0.2) is 5.78 Å². The summed E-state index contributed by atoms with van der Waals surface area (Å²) in [6.07, 6.45) is 2.00. The summed E-state index contributed by atoms with van der Waals surface area (Å²) in [6.45, 7) is 0. The number of anilines is 1. The van der Waals surface area contributed by atoms with E-state index in [-0.39, 0.29) is 18.0 Å². The van der Waals surface area contributed by atoms with Crippen molar-refractivity contribution in [1.82, 2.24) is 15.8 Å². The first-order valence-corrected chi connectivity index (χ1v) is 10.6. The number of allylic oxidation sites excluding steroid dienone is 1. The Morgan fingerprint density at radius 3 is 2.60 bits per heavy atom. The molecule has 0 radical (unpaired) electrons. The molecule has 6 nitrogen and oxygen atoms in total. The number of guanidine groups is 1. The quantitative estimate of drug-likeness (QED) is 0.786. The van der Waals surface area contributed by atoms with Crippen LogP contribution < -0.4 is 15.6 Å². The number of carbonyl (C=O) groups is 1. The van der Waals surface area contributed by atoms with Crippen molar-refractivity contribution in [2.75, 3.05) is 19.0 Å². The van der Waals surface area contributed by atoms with Gasteiger partial charge >= 0.3 is 0 Å². The van der Waals surface area contributed by atoms with E-state index in [9.17, 15) is 4.79 Å². The summed E-state index contributed by atoms with van der Waals surface area (Å²) >= 11 is 6.43. The molecule has 1 aliphatic carbocycles. The highest BCUT2D eigenvalue weighted by Crippen LogP contribution is 2.41. The number of aliphatic imine (C=N–C) groups is 1. The summed E-state index contributed by atoms with van der Waals surface area (Å²) in [6, 6.07) is 15.9. The number of rotatable bonds is 3. The zero-order chi connectivity index (χ0) is 20.8. The van der Waals surface area contributed by atoms with Crippen molar-refractivity contribution < 1.29 is 4.79 Å². The van der Waals surface area contributed by atoms with E-state index in [1.165, 1.54) is 0 Å². The Hall–Kier alpha value is -2.83. The zero-order valence-corrected chi connectivity index (χ0v) is 17.8. The first-order valence-electron chi connectivity index (χ1n) is 10.2. The average molecular weight is 422 g/mol. The minimum atomic E-state index is -0.304. The molecular formula is C23H24ClN5O. The molecule has 2 aromatic rings. The van der Waals surface area contributed by atoms with Crippen LogP contribution >= 0.6 is 11.6 Å². The molecule has 30 heavy (non-hydrogen) atoms. The van der Waals surface area contributed by atoms with Crippen LogP contribution in [0.25, 0.3) is 0 Å². The second kappa shape index (κ2) is 7.45. The fraction of sp³-hybridized carbons (Fsp3) is 0.304. The van der Waals surface area contributed by atoms with Crippen LogP contribution in [-0.4, -0.2) is 30.8 Å².